The van der Waals surface area contributed by atoms with Crippen LogP contribution in [0.4, 0.5) is 0 Å². The van der Waals surface area contributed by atoms with Crippen LogP contribution in [0.15, 0.2) is 57.7 Å². The second-order valence-electron chi connectivity index (χ2n) is 8.13. The van der Waals surface area contributed by atoms with Gasteiger partial charge in [-0.25, -0.2) is 4.98 Å². The fourth-order valence-corrected chi connectivity index (χ4v) is 4.28. The van der Waals surface area contributed by atoms with E-state index in [1.165, 1.54) is 0 Å². The lowest BCUT2D eigenvalue weighted by atomic mass is 10.0. The average Bonchev–Trinajstić information content (AvgIpc) is 3.55. The van der Waals surface area contributed by atoms with Gasteiger partial charge in [0.05, 0.1) is 49.3 Å². The van der Waals surface area contributed by atoms with E-state index in [1.54, 1.807) is 38.5 Å². The molecule has 1 unspecified atom stereocenters. The number of carbonyl (C=O) groups is 1. The number of amides is 1. The van der Waals surface area contributed by atoms with Crippen LogP contribution in [0, 0.1) is 6.92 Å². The van der Waals surface area contributed by atoms with Crippen LogP contribution in [0.2, 0.25) is 0 Å². The summed E-state index contributed by atoms with van der Waals surface area (Å²) in [6.45, 7) is 5.13. The summed E-state index contributed by atoms with van der Waals surface area (Å²) in [4.78, 5) is 20.3. The van der Waals surface area contributed by atoms with Crippen LogP contribution in [-0.4, -0.2) is 60.9 Å². The lowest BCUT2D eigenvalue weighted by Gasteiger charge is -2.35. The highest BCUT2D eigenvalue weighted by Crippen LogP contribution is 2.28. The number of pyridine rings is 1. The first kappa shape index (κ1) is 22.1. The topological polar surface area (TPSA) is 103 Å². The number of methoxy groups -OCH3 is 1. The Kier molecular flexibility index (Phi) is 6.29. The van der Waals surface area contributed by atoms with E-state index < -0.39 is 0 Å². The summed E-state index contributed by atoms with van der Waals surface area (Å²) >= 11 is 0. The second kappa shape index (κ2) is 9.66. The van der Waals surface area contributed by atoms with Gasteiger partial charge in [0, 0.05) is 19.6 Å². The van der Waals surface area contributed by atoms with Gasteiger partial charge in [-0.05, 0) is 42.8 Å². The SMILES string of the molecule is COc1ccc(C(CNC(=O)c2cc(-c3ccco3)nc3onc(C)c23)N2CCOCC2)cc1. The number of nitrogens with one attached hydrogen (secondary N) is 1. The highest BCUT2D eigenvalue weighted by Gasteiger charge is 2.25. The van der Waals surface area contributed by atoms with Crippen LogP contribution in [0.3, 0.4) is 0 Å². The Morgan fingerprint density at radius 1 is 1.21 bits per heavy atom. The molecule has 1 N–H and O–H groups in total. The van der Waals surface area contributed by atoms with Gasteiger partial charge in [-0.1, -0.05) is 17.3 Å². The van der Waals surface area contributed by atoms with Gasteiger partial charge >= 0.3 is 0 Å². The average molecular weight is 463 g/mol. The maximum absolute atomic E-state index is 13.4. The maximum Gasteiger partial charge on any atom is 0.259 e. The number of benzene rings is 1. The van der Waals surface area contributed by atoms with Crippen LogP contribution < -0.4 is 10.1 Å². The van der Waals surface area contributed by atoms with Gasteiger partial charge in [0.2, 0.25) is 0 Å². The van der Waals surface area contributed by atoms with Crippen molar-refractivity contribution in [3.63, 3.8) is 0 Å². The van der Waals surface area contributed by atoms with Crippen molar-refractivity contribution in [2.45, 2.75) is 13.0 Å². The number of hydrogen-bond acceptors (Lipinski definition) is 8. The van der Waals surface area contributed by atoms with Crippen molar-refractivity contribution in [3.8, 4) is 17.2 Å². The van der Waals surface area contributed by atoms with E-state index in [9.17, 15) is 4.79 Å². The van der Waals surface area contributed by atoms with Crippen molar-refractivity contribution >= 4 is 17.0 Å². The molecular formula is C25H26N4O5. The monoisotopic (exact) mass is 462 g/mol. The lowest BCUT2D eigenvalue weighted by Crippen LogP contribution is -2.43. The summed E-state index contributed by atoms with van der Waals surface area (Å²) in [5.74, 6) is 1.12. The molecule has 1 amide bonds. The van der Waals surface area contributed by atoms with Crippen molar-refractivity contribution in [3.05, 3.63) is 65.5 Å². The summed E-state index contributed by atoms with van der Waals surface area (Å²) in [6, 6.07) is 13.2. The number of furan rings is 1. The molecule has 5 rings (SSSR count). The Hall–Kier alpha value is -3.69. The van der Waals surface area contributed by atoms with Crippen LogP contribution in [-0.2, 0) is 4.74 Å². The lowest BCUT2D eigenvalue weighted by molar-refractivity contribution is 0.0162. The van der Waals surface area contributed by atoms with Gasteiger partial charge in [-0.3, -0.25) is 9.69 Å². The molecule has 9 nitrogen and oxygen atoms in total. The van der Waals surface area contributed by atoms with Crippen molar-refractivity contribution < 1.29 is 23.2 Å². The van der Waals surface area contributed by atoms with Gasteiger partial charge in [0.1, 0.15) is 11.4 Å². The molecule has 0 bridgehead atoms. The third-order valence-corrected chi connectivity index (χ3v) is 6.08. The number of rotatable bonds is 7. The molecule has 176 valence electrons. The number of carbonyl (C=O) groups excluding carboxylic acids is 1. The molecule has 1 atom stereocenters. The number of fused-ring (bicyclic) bond motifs is 1. The predicted octanol–water partition coefficient (Wildman–Crippen LogP) is 3.60. The quantitative estimate of drug-likeness (QED) is 0.444. The Labute approximate surface area is 196 Å². The Balaban J connectivity index is 1.43. The molecule has 1 aromatic carbocycles. The first-order valence-electron chi connectivity index (χ1n) is 11.2. The molecular weight excluding hydrogens is 436 g/mol. The minimum absolute atomic E-state index is 0.01000. The standard InChI is InChI=1S/C25H26N4O5/c1-16-23-19(14-20(22-4-3-11-33-22)27-25(23)34-28-16)24(30)26-15-21(29-9-12-32-13-10-29)17-5-7-18(31-2)8-6-17/h3-8,11,14,21H,9-10,12-13,15H2,1-2H3,(H,26,30). The molecule has 0 saturated carbocycles. The molecule has 4 aromatic rings. The summed E-state index contributed by atoms with van der Waals surface area (Å²) in [5.41, 5.74) is 2.97. The van der Waals surface area contributed by atoms with E-state index >= 15 is 0 Å². The first-order valence-corrected chi connectivity index (χ1v) is 11.2. The molecule has 0 aliphatic carbocycles. The Morgan fingerprint density at radius 2 is 2.00 bits per heavy atom. The van der Waals surface area contributed by atoms with Crippen molar-refractivity contribution in [1.29, 1.82) is 0 Å². The smallest absolute Gasteiger partial charge is 0.259 e. The fraction of sp³-hybridized carbons (Fsp3) is 0.320. The molecule has 0 radical (unpaired) electrons. The minimum atomic E-state index is -0.224. The van der Waals surface area contributed by atoms with Gasteiger partial charge in [0.15, 0.2) is 5.76 Å². The van der Waals surface area contributed by atoms with Crippen molar-refractivity contribution in [1.82, 2.24) is 20.4 Å². The predicted molar refractivity (Wildman–Crippen MR) is 125 cm³/mol. The zero-order valence-corrected chi connectivity index (χ0v) is 19.1. The zero-order chi connectivity index (χ0) is 23.5. The molecule has 1 aliphatic rings. The number of aromatic nitrogens is 2. The van der Waals surface area contributed by atoms with E-state index in [0.717, 1.165) is 24.4 Å². The molecule has 1 saturated heterocycles. The number of hydrogen-bond donors (Lipinski definition) is 1. The van der Waals surface area contributed by atoms with Crippen LogP contribution in [0.1, 0.15) is 27.7 Å². The largest absolute Gasteiger partial charge is 0.497 e. The molecule has 0 spiro atoms. The summed E-state index contributed by atoms with van der Waals surface area (Å²) in [5, 5.41) is 7.73. The minimum Gasteiger partial charge on any atom is -0.497 e. The van der Waals surface area contributed by atoms with E-state index in [1.807, 2.05) is 24.3 Å². The highest BCUT2D eigenvalue weighted by molar-refractivity contribution is 6.06. The zero-order valence-electron chi connectivity index (χ0n) is 19.1. The third kappa shape index (κ3) is 4.40. The van der Waals surface area contributed by atoms with Crippen molar-refractivity contribution in [2.75, 3.05) is 40.0 Å². The second-order valence-corrected chi connectivity index (χ2v) is 8.13. The number of aryl methyl sites for hydroxylation is 1. The van der Waals surface area contributed by atoms with Crippen molar-refractivity contribution in [2.24, 2.45) is 0 Å². The first-order chi connectivity index (χ1) is 16.6. The van der Waals surface area contributed by atoms with E-state index in [2.05, 4.69) is 20.4 Å². The molecule has 3 aromatic heterocycles. The number of nitrogens with zero attached hydrogens (tertiary/aromatic N) is 3. The van der Waals surface area contributed by atoms with Gasteiger partial charge in [-0.15, -0.1) is 0 Å². The van der Waals surface area contributed by atoms with Gasteiger partial charge < -0.3 is 23.7 Å². The van der Waals surface area contributed by atoms with Crippen LogP contribution in [0.25, 0.3) is 22.6 Å². The molecule has 34 heavy (non-hydrogen) atoms. The van der Waals surface area contributed by atoms with E-state index in [0.29, 0.717) is 53.6 Å². The Bertz CT molecular complexity index is 1260. The number of morpholine rings is 1. The van der Waals surface area contributed by atoms with Crippen LogP contribution >= 0.6 is 0 Å². The maximum atomic E-state index is 13.4. The molecule has 9 heteroatoms. The van der Waals surface area contributed by atoms with E-state index in [-0.39, 0.29) is 11.9 Å². The number of ether oxygens (including phenoxy) is 2. The van der Waals surface area contributed by atoms with Gasteiger partial charge in [-0.2, -0.15) is 0 Å². The summed E-state index contributed by atoms with van der Waals surface area (Å²) < 4.78 is 21.7. The molecule has 1 fully saturated rings. The fourth-order valence-electron chi connectivity index (χ4n) is 4.28. The summed E-state index contributed by atoms with van der Waals surface area (Å²) in [7, 11) is 1.65. The van der Waals surface area contributed by atoms with Gasteiger partial charge in [0.25, 0.3) is 11.6 Å². The van der Waals surface area contributed by atoms with Crippen LogP contribution in [0.5, 0.6) is 5.75 Å². The molecule has 4 heterocycles. The third-order valence-electron chi connectivity index (χ3n) is 6.08. The van der Waals surface area contributed by atoms with E-state index in [4.69, 9.17) is 18.4 Å². The molecule has 1 aliphatic heterocycles. The Morgan fingerprint density at radius 3 is 2.71 bits per heavy atom. The normalized spacial score (nSPS) is 15.4. The summed E-state index contributed by atoms with van der Waals surface area (Å²) in [6.07, 6.45) is 1.56. The highest BCUT2D eigenvalue weighted by atomic mass is 16.5.